The van der Waals surface area contributed by atoms with E-state index in [1.807, 2.05) is 19.1 Å². The highest BCUT2D eigenvalue weighted by Crippen LogP contribution is 2.24. The number of sulfonamides is 1. The number of amides is 1. The Labute approximate surface area is 155 Å². The molecule has 6 heteroatoms. The topological polar surface area (TPSA) is 75.3 Å². The van der Waals surface area contributed by atoms with Crippen molar-refractivity contribution in [3.63, 3.8) is 0 Å². The van der Waals surface area contributed by atoms with Crippen molar-refractivity contribution in [2.24, 2.45) is 0 Å². The number of carbonyl (C=O) groups is 1. The van der Waals surface area contributed by atoms with Gasteiger partial charge in [-0.05, 0) is 48.7 Å². The second kappa shape index (κ2) is 7.60. The van der Waals surface area contributed by atoms with E-state index in [1.54, 1.807) is 12.1 Å². The highest BCUT2D eigenvalue weighted by Gasteiger charge is 2.17. The Bertz CT molecular complexity index is 882. The van der Waals surface area contributed by atoms with Crippen molar-refractivity contribution in [1.82, 2.24) is 10.0 Å². The molecule has 0 unspecified atom stereocenters. The molecule has 1 atom stereocenters. The predicted octanol–water partition coefficient (Wildman–Crippen LogP) is 3.38. The molecule has 2 aromatic rings. The van der Waals surface area contributed by atoms with E-state index in [4.69, 9.17) is 0 Å². The van der Waals surface area contributed by atoms with Crippen LogP contribution in [-0.4, -0.2) is 21.4 Å². The van der Waals surface area contributed by atoms with E-state index in [0.29, 0.717) is 5.56 Å². The zero-order valence-electron chi connectivity index (χ0n) is 15.8. The SMILES string of the molecule is CNS(=O)(=O)c1cccc(C(=O)N[C@@H](C)c2ccc(C(C)(C)C)cc2)c1. The van der Waals surface area contributed by atoms with E-state index < -0.39 is 10.0 Å². The van der Waals surface area contributed by atoms with Gasteiger partial charge in [0.2, 0.25) is 10.0 Å². The Morgan fingerprint density at radius 3 is 2.19 bits per heavy atom. The third-order valence-corrected chi connectivity index (χ3v) is 5.71. The zero-order chi connectivity index (χ0) is 19.5. The first-order valence-electron chi connectivity index (χ1n) is 8.49. The van der Waals surface area contributed by atoms with Gasteiger partial charge >= 0.3 is 0 Å². The summed E-state index contributed by atoms with van der Waals surface area (Å²) in [6.45, 7) is 8.36. The smallest absolute Gasteiger partial charge is 0.251 e. The molecule has 1 amide bonds. The monoisotopic (exact) mass is 374 g/mol. The maximum absolute atomic E-state index is 12.5. The summed E-state index contributed by atoms with van der Waals surface area (Å²) in [6, 6.07) is 13.9. The minimum atomic E-state index is -3.58. The average Bonchev–Trinajstić information content (AvgIpc) is 2.61. The number of hydrogen-bond donors (Lipinski definition) is 2. The molecule has 0 aromatic heterocycles. The fraction of sp³-hybridized carbons (Fsp3) is 0.350. The molecule has 0 aliphatic rings. The Morgan fingerprint density at radius 1 is 1.04 bits per heavy atom. The number of carbonyl (C=O) groups excluding carboxylic acids is 1. The molecule has 0 radical (unpaired) electrons. The Hall–Kier alpha value is -2.18. The van der Waals surface area contributed by atoms with Gasteiger partial charge in [-0.2, -0.15) is 0 Å². The molecular formula is C20H26N2O3S. The average molecular weight is 375 g/mol. The van der Waals surface area contributed by atoms with Gasteiger partial charge in [-0.25, -0.2) is 13.1 Å². The van der Waals surface area contributed by atoms with Gasteiger partial charge in [0, 0.05) is 5.56 Å². The lowest BCUT2D eigenvalue weighted by molar-refractivity contribution is 0.0939. The summed E-state index contributed by atoms with van der Waals surface area (Å²) in [5.74, 6) is -0.314. The lowest BCUT2D eigenvalue weighted by atomic mass is 9.86. The number of rotatable bonds is 5. The minimum Gasteiger partial charge on any atom is -0.346 e. The highest BCUT2D eigenvalue weighted by atomic mass is 32.2. The summed E-state index contributed by atoms with van der Waals surface area (Å²) in [5.41, 5.74) is 2.60. The first-order valence-corrected chi connectivity index (χ1v) is 9.98. The maximum Gasteiger partial charge on any atom is 0.251 e. The fourth-order valence-corrected chi connectivity index (χ4v) is 3.33. The van der Waals surface area contributed by atoms with Crippen molar-refractivity contribution in [2.45, 2.75) is 44.0 Å². The normalized spacial score (nSPS) is 13.3. The molecular weight excluding hydrogens is 348 g/mol. The van der Waals surface area contributed by atoms with Crippen molar-refractivity contribution < 1.29 is 13.2 Å². The molecule has 0 spiro atoms. The van der Waals surface area contributed by atoms with E-state index in [-0.39, 0.29) is 22.3 Å². The second-order valence-electron chi connectivity index (χ2n) is 7.30. The Morgan fingerprint density at radius 2 is 1.65 bits per heavy atom. The molecule has 0 aliphatic carbocycles. The van der Waals surface area contributed by atoms with E-state index in [1.165, 1.54) is 24.7 Å². The van der Waals surface area contributed by atoms with E-state index >= 15 is 0 Å². The second-order valence-corrected chi connectivity index (χ2v) is 9.19. The molecule has 140 valence electrons. The van der Waals surface area contributed by atoms with Crippen molar-refractivity contribution in [2.75, 3.05) is 7.05 Å². The van der Waals surface area contributed by atoms with Crippen LogP contribution in [0.4, 0.5) is 0 Å². The molecule has 5 nitrogen and oxygen atoms in total. The predicted molar refractivity (Wildman–Crippen MR) is 104 cm³/mol. The summed E-state index contributed by atoms with van der Waals surface area (Å²) >= 11 is 0. The third-order valence-electron chi connectivity index (χ3n) is 4.30. The quantitative estimate of drug-likeness (QED) is 0.842. The minimum absolute atomic E-state index is 0.0647. The Balaban J connectivity index is 2.16. The number of benzene rings is 2. The lowest BCUT2D eigenvalue weighted by Crippen LogP contribution is -2.27. The molecule has 26 heavy (non-hydrogen) atoms. The van der Waals surface area contributed by atoms with Gasteiger partial charge in [-0.3, -0.25) is 4.79 Å². The van der Waals surface area contributed by atoms with Crippen molar-refractivity contribution in [1.29, 1.82) is 0 Å². The van der Waals surface area contributed by atoms with Crippen LogP contribution in [0.1, 0.15) is 55.2 Å². The van der Waals surface area contributed by atoms with Gasteiger partial charge in [0.05, 0.1) is 10.9 Å². The van der Waals surface area contributed by atoms with Gasteiger partial charge in [-0.1, -0.05) is 51.1 Å². The van der Waals surface area contributed by atoms with Crippen LogP contribution in [-0.2, 0) is 15.4 Å². The maximum atomic E-state index is 12.5. The van der Waals surface area contributed by atoms with Gasteiger partial charge in [0.25, 0.3) is 5.91 Å². The molecule has 2 N–H and O–H groups in total. The van der Waals surface area contributed by atoms with Crippen LogP contribution in [0, 0.1) is 0 Å². The van der Waals surface area contributed by atoms with E-state index in [0.717, 1.165) is 5.56 Å². The van der Waals surface area contributed by atoms with Crippen molar-refractivity contribution >= 4 is 15.9 Å². The van der Waals surface area contributed by atoms with Gasteiger partial charge in [0.1, 0.15) is 0 Å². The summed E-state index contributed by atoms with van der Waals surface area (Å²) < 4.78 is 26.0. The van der Waals surface area contributed by atoms with Crippen LogP contribution in [0.15, 0.2) is 53.4 Å². The van der Waals surface area contributed by atoms with Crippen LogP contribution < -0.4 is 10.0 Å². The molecule has 0 heterocycles. The van der Waals surface area contributed by atoms with Crippen molar-refractivity contribution in [3.05, 3.63) is 65.2 Å². The molecule has 0 saturated carbocycles. The first kappa shape index (κ1) is 20.1. The van der Waals surface area contributed by atoms with Gasteiger partial charge < -0.3 is 5.32 Å². The van der Waals surface area contributed by atoms with Crippen molar-refractivity contribution in [3.8, 4) is 0 Å². The molecule has 0 fully saturated rings. The highest BCUT2D eigenvalue weighted by molar-refractivity contribution is 7.89. The van der Waals surface area contributed by atoms with Crippen LogP contribution in [0.3, 0.4) is 0 Å². The lowest BCUT2D eigenvalue weighted by Gasteiger charge is -2.21. The molecule has 0 aliphatic heterocycles. The van der Waals surface area contributed by atoms with Gasteiger partial charge in [0.15, 0.2) is 0 Å². The first-order chi connectivity index (χ1) is 12.0. The van der Waals surface area contributed by atoms with E-state index in [9.17, 15) is 13.2 Å². The van der Waals surface area contributed by atoms with Crippen LogP contribution in [0.2, 0.25) is 0 Å². The molecule has 2 aromatic carbocycles. The zero-order valence-corrected chi connectivity index (χ0v) is 16.6. The summed E-state index contributed by atoms with van der Waals surface area (Å²) in [4.78, 5) is 12.6. The number of nitrogens with one attached hydrogen (secondary N) is 2. The summed E-state index contributed by atoms with van der Waals surface area (Å²) in [5, 5.41) is 2.91. The van der Waals surface area contributed by atoms with Crippen LogP contribution in [0.25, 0.3) is 0 Å². The standard InChI is InChI=1S/C20H26N2O3S/c1-14(15-9-11-17(12-10-15)20(2,3)4)22-19(23)16-7-6-8-18(13-16)26(24,25)21-5/h6-14,21H,1-5H3,(H,22,23)/t14-/m0/s1. The number of hydrogen-bond acceptors (Lipinski definition) is 3. The summed E-state index contributed by atoms with van der Waals surface area (Å²) in [6.07, 6.45) is 0. The third kappa shape index (κ3) is 4.71. The molecule has 2 rings (SSSR count). The fourth-order valence-electron chi connectivity index (χ4n) is 2.56. The molecule has 0 saturated heterocycles. The van der Waals surface area contributed by atoms with E-state index in [2.05, 4.69) is 42.9 Å². The molecule has 0 bridgehead atoms. The van der Waals surface area contributed by atoms with Crippen LogP contribution in [0.5, 0.6) is 0 Å². The van der Waals surface area contributed by atoms with Gasteiger partial charge in [-0.15, -0.1) is 0 Å². The largest absolute Gasteiger partial charge is 0.346 e. The summed E-state index contributed by atoms with van der Waals surface area (Å²) in [7, 11) is -2.24. The van der Waals surface area contributed by atoms with Crippen LogP contribution >= 0.6 is 0 Å². The Kier molecular flexibility index (Phi) is 5.88.